The van der Waals surface area contributed by atoms with E-state index < -0.39 is 7.12 Å². The highest BCUT2D eigenvalue weighted by molar-refractivity contribution is 6.55. The van der Waals surface area contributed by atoms with Crippen molar-refractivity contribution in [1.29, 1.82) is 0 Å². The summed E-state index contributed by atoms with van der Waals surface area (Å²) in [5.74, 6) is 0.0672. The zero-order valence-corrected chi connectivity index (χ0v) is 7.16. The molecule has 0 amide bonds. The monoisotopic (exact) mass is 190 g/mol. The van der Waals surface area contributed by atoms with Crippen LogP contribution in [-0.2, 0) is 0 Å². The van der Waals surface area contributed by atoms with Gasteiger partial charge in [-0.1, -0.05) is 18.2 Å². The average Bonchev–Trinajstić information content (AvgIpc) is 2.68. The molecular weight excluding hydrogens is 183 g/mol. The van der Waals surface area contributed by atoms with Crippen molar-refractivity contribution < 1.29 is 14.5 Å². The van der Waals surface area contributed by atoms with Crippen LogP contribution < -0.4 is 5.79 Å². The van der Waals surface area contributed by atoms with E-state index in [0.717, 1.165) is 5.56 Å². The van der Waals surface area contributed by atoms with Crippen LogP contribution in [0.1, 0.15) is 0 Å². The van der Waals surface area contributed by atoms with Crippen molar-refractivity contribution >= 4 is 12.9 Å². The van der Waals surface area contributed by atoms with E-state index in [4.69, 9.17) is 14.5 Å². The summed E-state index contributed by atoms with van der Waals surface area (Å²) in [5.41, 5.74) is 0.743. The average molecular weight is 190 g/mol. The highest BCUT2D eigenvalue weighted by Crippen LogP contribution is 2.13. The van der Waals surface area contributed by atoms with E-state index in [-0.39, 0.29) is 11.7 Å². The molecule has 0 bridgehead atoms. The molecule has 2 rings (SSSR count). The second-order valence-corrected chi connectivity index (χ2v) is 2.69. The fourth-order valence-corrected chi connectivity index (χ4v) is 1.04. The Balaban J connectivity index is 2.34. The summed E-state index contributed by atoms with van der Waals surface area (Å²) in [7, 11) is -1.72. The predicted molar refractivity (Wildman–Crippen MR) is 49.6 cm³/mol. The van der Waals surface area contributed by atoms with Gasteiger partial charge in [0.25, 0.3) is 0 Å². The summed E-state index contributed by atoms with van der Waals surface area (Å²) < 4.78 is 5.01. The third-order valence-corrected chi connectivity index (χ3v) is 1.68. The Morgan fingerprint density at radius 3 is 2.36 bits per heavy atom. The molecule has 14 heavy (non-hydrogen) atoms. The molecule has 0 fully saturated rings. The lowest BCUT2D eigenvalue weighted by Gasteiger charge is -1.91. The largest absolute Gasteiger partial charge is 0.551 e. The Morgan fingerprint density at radius 1 is 1.07 bits per heavy atom. The van der Waals surface area contributed by atoms with Crippen LogP contribution in [0.2, 0.25) is 0 Å². The maximum Gasteiger partial charge on any atom is 0.551 e. The summed E-state index contributed by atoms with van der Waals surface area (Å²) in [6.07, 6.45) is 0. The topological polar surface area (TPSA) is 79.4 Å². The molecule has 0 saturated heterocycles. The molecule has 6 heteroatoms. The van der Waals surface area contributed by atoms with Crippen molar-refractivity contribution in [3.05, 3.63) is 30.3 Å². The van der Waals surface area contributed by atoms with Crippen LogP contribution in [0.5, 0.6) is 0 Å². The fourth-order valence-electron chi connectivity index (χ4n) is 1.04. The Kier molecular flexibility index (Phi) is 2.30. The molecule has 2 aromatic rings. The van der Waals surface area contributed by atoms with Crippen LogP contribution >= 0.6 is 0 Å². The Bertz CT molecular complexity index is 416. The van der Waals surface area contributed by atoms with E-state index in [1.54, 1.807) is 12.1 Å². The van der Waals surface area contributed by atoms with E-state index >= 15 is 0 Å². The van der Waals surface area contributed by atoms with Gasteiger partial charge in [0.15, 0.2) is 0 Å². The van der Waals surface area contributed by atoms with Crippen molar-refractivity contribution in [3.63, 3.8) is 0 Å². The molecule has 1 heterocycles. The molecule has 0 aliphatic carbocycles. The van der Waals surface area contributed by atoms with Crippen LogP contribution in [-0.4, -0.2) is 27.4 Å². The number of hydrogen-bond acceptors (Lipinski definition) is 5. The molecule has 0 unspecified atom stereocenters. The highest BCUT2D eigenvalue weighted by atomic mass is 16.4. The van der Waals surface area contributed by atoms with Gasteiger partial charge in [-0.3, -0.25) is 0 Å². The number of benzene rings is 1. The van der Waals surface area contributed by atoms with Crippen molar-refractivity contribution in [2.45, 2.75) is 0 Å². The number of aromatic nitrogens is 2. The Morgan fingerprint density at radius 2 is 1.79 bits per heavy atom. The van der Waals surface area contributed by atoms with E-state index in [1.807, 2.05) is 18.2 Å². The summed E-state index contributed by atoms with van der Waals surface area (Å²) in [6.45, 7) is 0. The maximum absolute atomic E-state index is 8.74. The van der Waals surface area contributed by atoms with Crippen molar-refractivity contribution in [2.75, 3.05) is 0 Å². The van der Waals surface area contributed by atoms with Gasteiger partial charge in [0.2, 0.25) is 11.7 Å². The molecule has 5 nitrogen and oxygen atoms in total. The summed E-state index contributed by atoms with van der Waals surface area (Å²) in [5, 5.41) is 24.6. The molecule has 0 aliphatic rings. The molecule has 70 valence electrons. The van der Waals surface area contributed by atoms with E-state index in [0.29, 0.717) is 0 Å². The molecule has 0 aliphatic heterocycles. The molecule has 0 atom stereocenters. The van der Waals surface area contributed by atoms with Crippen LogP contribution in [0, 0.1) is 0 Å². The minimum Gasteiger partial charge on any atom is -0.424 e. The minimum atomic E-state index is -1.72. The molecule has 0 saturated carbocycles. The normalized spacial score (nSPS) is 10.1. The number of hydrogen-bond donors (Lipinski definition) is 2. The van der Waals surface area contributed by atoms with Crippen LogP contribution in [0.3, 0.4) is 0 Å². The zero-order chi connectivity index (χ0) is 9.97. The molecular formula is C8H7BN2O3. The summed E-state index contributed by atoms with van der Waals surface area (Å²) in [6, 6.07) is 9.10. The van der Waals surface area contributed by atoms with Crippen molar-refractivity contribution in [1.82, 2.24) is 10.2 Å². The van der Waals surface area contributed by atoms with E-state index in [1.165, 1.54) is 0 Å². The highest BCUT2D eigenvalue weighted by Gasteiger charge is 2.20. The van der Waals surface area contributed by atoms with Crippen LogP contribution in [0.25, 0.3) is 11.5 Å². The van der Waals surface area contributed by atoms with Gasteiger partial charge in [-0.2, -0.15) is 0 Å². The van der Waals surface area contributed by atoms with Crippen LogP contribution in [0.15, 0.2) is 34.7 Å². The molecule has 1 aromatic carbocycles. The first-order valence-electron chi connectivity index (χ1n) is 4.02. The van der Waals surface area contributed by atoms with Gasteiger partial charge in [0.1, 0.15) is 0 Å². The summed E-state index contributed by atoms with van der Waals surface area (Å²) in [4.78, 5) is 0. The van der Waals surface area contributed by atoms with Gasteiger partial charge in [-0.05, 0) is 12.1 Å². The third kappa shape index (κ3) is 1.66. The summed E-state index contributed by atoms with van der Waals surface area (Å²) >= 11 is 0. The first kappa shape index (κ1) is 8.92. The Labute approximate surface area is 80.2 Å². The lowest BCUT2D eigenvalue weighted by atomic mass is 9.93. The van der Waals surface area contributed by atoms with E-state index in [9.17, 15) is 0 Å². The molecule has 2 N–H and O–H groups in total. The number of nitrogens with zero attached hydrogens (tertiary/aromatic N) is 2. The van der Waals surface area contributed by atoms with Gasteiger partial charge in [-0.15, -0.1) is 10.2 Å². The van der Waals surface area contributed by atoms with Crippen LogP contribution in [0.4, 0.5) is 0 Å². The van der Waals surface area contributed by atoms with Gasteiger partial charge in [0, 0.05) is 5.56 Å². The fraction of sp³-hybridized carbons (Fsp3) is 0. The lowest BCUT2D eigenvalue weighted by Crippen LogP contribution is -2.30. The maximum atomic E-state index is 8.74. The van der Waals surface area contributed by atoms with Gasteiger partial charge in [-0.25, -0.2) is 0 Å². The minimum absolute atomic E-state index is 0.205. The Hall–Kier alpha value is -1.66. The van der Waals surface area contributed by atoms with Crippen molar-refractivity contribution in [2.24, 2.45) is 0 Å². The lowest BCUT2D eigenvalue weighted by molar-refractivity contribution is 0.408. The molecule has 0 radical (unpaired) electrons. The van der Waals surface area contributed by atoms with Gasteiger partial charge < -0.3 is 14.5 Å². The quantitative estimate of drug-likeness (QED) is 0.619. The first-order chi connectivity index (χ1) is 6.77. The smallest absolute Gasteiger partial charge is 0.424 e. The number of rotatable bonds is 2. The SMILES string of the molecule is OB(O)c1nnc(-c2ccccc2)o1. The second kappa shape index (κ2) is 3.61. The zero-order valence-electron chi connectivity index (χ0n) is 7.16. The van der Waals surface area contributed by atoms with Gasteiger partial charge in [0.05, 0.1) is 0 Å². The third-order valence-electron chi connectivity index (χ3n) is 1.68. The standard InChI is InChI=1S/C8H7BN2O3/c12-9(13)8-11-10-7(14-8)6-4-2-1-3-5-6/h1-5,12-13H. The molecule has 0 spiro atoms. The molecule has 1 aromatic heterocycles. The van der Waals surface area contributed by atoms with Gasteiger partial charge >= 0.3 is 7.12 Å². The first-order valence-corrected chi connectivity index (χ1v) is 4.02. The van der Waals surface area contributed by atoms with Crippen molar-refractivity contribution in [3.8, 4) is 11.5 Å². The second-order valence-electron chi connectivity index (χ2n) is 2.69. The van der Waals surface area contributed by atoms with E-state index in [2.05, 4.69) is 10.2 Å². The predicted octanol–water partition coefficient (Wildman–Crippen LogP) is -0.584.